The van der Waals surface area contributed by atoms with Crippen LogP contribution in [-0.4, -0.2) is 4.57 Å². The van der Waals surface area contributed by atoms with E-state index in [0.717, 1.165) is 27.5 Å². The van der Waals surface area contributed by atoms with E-state index in [1.54, 1.807) is 0 Å². The first kappa shape index (κ1) is 30.3. The number of para-hydroxylation sites is 2. The summed E-state index contributed by atoms with van der Waals surface area (Å²) in [5, 5.41) is 7.21. The lowest BCUT2D eigenvalue weighted by atomic mass is 9.89. The van der Waals surface area contributed by atoms with Crippen molar-refractivity contribution in [1.82, 2.24) is 4.57 Å². The van der Waals surface area contributed by atoms with Crippen LogP contribution in [0.2, 0.25) is 0 Å². The van der Waals surface area contributed by atoms with Crippen LogP contribution in [0.4, 0.5) is 0 Å². The molecule has 0 saturated carbocycles. The Morgan fingerprint density at radius 3 is 1.89 bits per heavy atom. The molecule has 9 aromatic carbocycles. The smallest absolute Gasteiger partial charge is 0.136 e. The summed E-state index contributed by atoms with van der Waals surface area (Å²) in [5.74, 6) is 0.239. The monoisotopic (exact) mass is 699 g/mol. The van der Waals surface area contributed by atoms with Crippen LogP contribution >= 0.6 is 0 Å². The zero-order chi connectivity index (χ0) is 36.0. The molecule has 0 spiro atoms. The SMILES string of the molecule is c1ccc(C2c3ccccc3-c3cc(-c4ccc5c6ccccc6n(-c6ccc(-c7ccc8c(c7)oc7ccccc78)c7ccccc67)c5c4)ccc32)cc1. The molecular formula is C53H33NO. The second-order valence-electron chi connectivity index (χ2n) is 14.8. The first-order chi connectivity index (χ1) is 27.3. The Morgan fingerprint density at radius 1 is 0.345 bits per heavy atom. The second-order valence-corrected chi connectivity index (χ2v) is 14.8. The average Bonchev–Trinajstić information content (AvgIpc) is 3.90. The second kappa shape index (κ2) is 11.7. The zero-order valence-corrected chi connectivity index (χ0v) is 29.9. The van der Waals surface area contributed by atoms with E-state index in [2.05, 4.69) is 187 Å². The van der Waals surface area contributed by atoms with Crippen molar-refractivity contribution < 1.29 is 4.42 Å². The normalized spacial score (nSPS) is 13.6. The van der Waals surface area contributed by atoms with E-state index >= 15 is 0 Å². The Kier molecular flexibility index (Phi) is 6.43. The lowest BCUT2D eigenvalue weighted by molar-refractivity contribution is 0.669. The maximum Gasteiger partial charge on any atom is 0.136 e. The van der Waals surface area contributed by atoms with Gasteiger partial charge < -0.3 is 8.98 Å². The van der Waals surface area contributed by atoms with Gasteiger partial charge in [-0.3, -0.25) is 0 Å². The number of hydrogen-bond acceptors (Lipinski definition) is 1. The first-order valence-electron chi connectivity index (χ1n) is 19.0. The Hall–Kier alpha value is -7.16. The largest absolute Gasteiger partial charge is 0.456 e. The van der Waals surface area contributed by atoms with Gasteiger partial charge in [0.25, 0.3) is 0 Å². The van der Waals surface area contributed by atoms with Gasteiger partial charge in [-0.05, 0) is 97.9 Å². The van der Waals surface area contributed by atoms with Crippen LogP contribution < -0.4 is 0 Å². The van der Waals surface area contributed by atoms with E-state index < -0.39 is 0 Å². The molecule has 0 fully saturated rings. The molecule has 2 heteroatoms. The molecule has 256 valence electrons. The minimum atomic E-state index is 0.239. The van der Waals surface area contributed by atoms with Crippen molar-refractivity contribution in [3.05, 3.63) is 211 Å². The molecule has 1 unspecified atom stereocenters. The molecule has 1 aliphatic rings. The number of nitrogens with zero attached hydrogens (tertiary/aromatic N) is 1. The third-order valence-corrected chi connectivity index (χ3v) is 11.9. The molecule has 1 aliphatic carbocycles. The minimum absolute atomic E-state index is 0.239. The predicted octanol–water partition coefficient (Wildman–Crippen LogP) is 14.3. The van der Waals surface area contributed by atoms with Gasteiger partial charge in [-0.2, -0.15) is 0 Å². The number of hydrogen-bond donors (Lipinski definition) is 0. The number of rotatable bonds is 4. The van der Waals surface area contributed by atoms with E-state index in [9.17, 15) is 0 Å². The average molecular weight is 700 g/mol. The van der Waals surface area contributed by atoms with Gasteiger partial charge in [0.2, 0.25) is 0 Å². The van der Waals surface area contributed by atoms with Gasteiger partial charge in [-0.1, -0.05) is 152 Å². The summed E-state index contributed by atoms with van der Waals surface area (Å²) in [4.78, 5) is 0. The van der Waals surface area contributed by atoms with Gasteiger partial charge in [-0.25, -0.2) is 0 Å². The van der Waals surface area contributed by atoms with Crippen molar-refractivity contribution >= 4 is 54.5 Å². The van der Waals surface area contributed by atoms with Crippen molar-refractivity contribution in [2.24, 2.45) is 0 Å². The summed E-state index contributed by atoms with van der Waals surface area (Å²) in [6.07, 6.45) is 0. The number of fused-ring (bicyclic) bond motifs is 10. The van der Waals surface area contributed by atoms with Crippen molar-refractivity contribution in [3.63, 3.8) is 0 Å². The lowest BCUT2D eigenvalue weighted by Gasteiger charge is -2.16. The molecule has 0 bridgehead atoms. The number of furan rings is 1. The lowest BCUT2D eigenvalue weighted by Crippen LogP contribution is -1.98. The molecule has 55 heavy (non-hydrogen) atoms. The fraction of sp³-hybridized carbons (Fsp3) is 0.0189. The first-order valence-corrected chi connectivity index (χ1v) is 19.0. The molecule has 11 aromatic rings. The van der Waals surface area contributed by atoms with Crippen LogP contribution in [0.5, 0.6) is 0 Å². The van der Waals surface area contributed by atoms with E-state index in [1.165, 1.54) is 82.8 Å². The minimum Gasteiger partial charge on any atom is -0.456 e. The third-order valence-electron chi connectivity index (χ3n) is 11.9. The standard InChI is InChI=1S/C53H33NO/c1-2-12-33(13-3-1)53-45-19-7-5-15-39(45)47-30-34(23-27-46(47)53)35-22-25-42-41-17-8-10-20-48(41)54(50(42)31-35)49-29-28-37(38-14-4-6-16-40(38)49)36-24-26-44-43-18-9-11-21-51(43)55-52(44)32-36/h1-32,53H. The highest BCUT2D eigenvalue weighted by atomic mass is 16.3. The molecule has 0 saturated heterocycles. The van der Waals surface area contributed by atoms with Gasteiger partial charge in [0.15, 0.2) is 0 Å². The summed E-state index contributed by atoms with van der Waals surface area (Å²) in [7, 11) is 0. The summed E-state index contributed by atoms with van der Waals surface area (Å²) in [5.41, 5.74) is 16.9. The molecule has 2 aromatic heterocycles. The van der Waals surface area contributed by atoms with Crippen LogP contribution in [0.25, 0.3) is 93.6 Å². The van der Waals surface area contributed by atoms with Crippen molar-refractivity contribution in [2.75, 3.05) is 0 Å². The highest BCUT2D eigenvalue weighted by Gasteiger charge is 2.30. The van der Waals surface area contributed by atoms with Crippen LogP contribution in [0, 0.1) is 0 Å². The Labute approximate surface area is 318 Å². The fourth-order valence-corrected chi connectivity index (χ4v) is 9.42. The van der Waals surface area contributed by atoms with Gasteiger partial charge in [0.1, 0.15) is 11.2 Å². The predicted molar refractivity (Wildman–Crippen MR) is 229 cm³/mol. The number of aromatic nitrogens is 1. The Bertz CT molecular complexity index is 3330. The summed E-state index contributed by atoms with van der Waals surface area (Å²) in [6.45, 7) is 0. The summed E-state index contributed by atoms with van der Waals surface area (Å²) < 4.78 is 8.79. The fourth-order valence-electron chi connectivity index (χ4n) is 9.42. The molecular weight excluding hydrogens is 667 g/mol. The molecule has 2 heterocycles. The van der Waals surface area contributed by atoms with Gasteiger partial charge in [-0.15, -0.1) is 0 Å². The zero-order valence-electron chi connectivity index (χ0n) is 29.9. The molecule has 0 aliphatic heterocycles. The van der Waals surface area contributed by atoms with Gasteiger partial charge in [0, 0.05) is 32.8 Å². The van der Waals surface area contributed by atoms with Crippen LogP contribution in [0.3, 0.4) is 0 Å². The molecule has 2 nitrogen and oxygen atoms in total. The summed E-state index contributed by atoms with van der Waals surface area (Å²) >= 11 is 0. The van der Waals surface area contributed by atoms with E-state index in [4.69, 9.17) is 4.42 Å². The highest BCUT2D eigenvalue weighted by molar-refractivity contribution is 6.13. The van der Waals surface area contributed by atoms with Crippen LogP contribution in [0.1, 0.15) is 22.6 Å². The quantitative estimate of drug-likeness (QED) is 0.179. The van der Waals surface area contributed by atoms with Gasteiger partial charge >= 0.3 is 0 Å². The van der Waals surface area contributed by atoms with Crippen molar-refractivity contribution in [1.29, 1.82) is 0 Å². The van der Waals surface area contributed by atoms with E-state index in [-0.39, 0.29) is 5.92 Å². The highest BCUT2D eigenvalue weighted by Crippen LogP contribution is 2.49. The van der Waals surface area contributed by atoms with Crippen molar-refractivity contribution in [2.45, 2.75) is 5.92 Å². The van der Waals surface area contributed by atoms with Crippen LogP contribution in [0.15, 0.2) is 199 Å². The molecule has 0 radical (unpaired) electrons. The summed E-state index contributed by atoms with van der Waals surface area (Å²) in [6, 6.07) is 71.0. The van der Waals surface area contributed by atoms with Crippen molar-refractivity contribution in [3.8, 4) is 39.1 Å². The maximum absolute atomic E-state index is 6.32. The molecule has 0 N–H and O–H groups in total. The van der Waals surface area contributed by atoms with Crippen LogP contribution in [-0.2, 0) is 0 Å². The maximum atomic E-state index is 6.32. The Morgan fingerprint density at radius 2 is 0.982 bits per heavy atom. The molecule has 1 atom stereocenters. The number of benzene rings is 9. The van der Waals surface area contributed by atoms with E-state index in [1.807, 2.05) is 12.1 Å². The Balaban J connectivity index is 1.03. The molecule has 12 rings (SSSR count). The van der Waals surface area contributed by atoms with Gasteiger partial charge in [0.05, 0.1) is 16.7 Å². The molecule has 0 amide bonds. The third kappa shape index (κ3) is 4.49. The topological polar surface area (TPSA) is 18.1 Å². The van der Waals surface area contributed by atoms with E-state index in [0.29, 0.717) is 0 Å².